The molecule has 0 unspecified atom stereocenters. The highest BCUT2D eigenvalue weighted by Crippen LogP contribution is 2.31. The van der Waals surface area contributed by atoms with Gasteiger partial charge in [-0.15, -0.1) is 0 Å². The molecule has 1 aromatic carbocycles. The SMILES string of the molecule is CC(C)(C)OCc1cc(CNC(=O)c2ccccc2C(F)(F)F)no1. The lowest BCUT2D eigenvalue weighted by molar-refractivity contribution is -0.137. The number of hydrogen-bond acceptors (Lipinski definition) is 4. The minimum Gasteiger partial charge on any atom is -0.368 e. The number of ether oxygens (including phenoxy) is 1. The minimum absolute atomic E-state index is 0.0515. The maximum atomic E-state index is 12.9. The third-order valence-electron chi connectivity index (χ3n) is 3.16. The van der Waals surface area contributed by atoms with Crippen molar-refractivity contribution in [2.24, 2.45) is 0 Å². The highest BCUT2D eigenvalue weighted by atomic mass is 19.4. The number of halogens is 3. The van der Waals surface area contributed by atoms with Gasteiger partial charge in [-0.1, -0.05) is 17.3 Å². The van der Waals surface area contributed by atoms with Gasteiger partial charge in [0.25, 0.3) is 5.91 Å². The largest absolute Gasteiger partial charge is 0.417 e. The monoisotopic (exact) mass is 356 g/mol. The molecule has 8 heteroatoms. The van der Waals surface area contributed by atoms with Crippen molar-refractivity contribution < 1.29 is 27.2 Å². The van der Waals surface area contributed by atoms with Gasteiger partial charge in [0.2, 0.25) is 0 Å². The lowest BCUT2D eigenvalue weighted by Crippen LogP contribution is -2.26. The molecule has 0 saturated carbocycles. The van der Waals surface area contributed by atoms with Gasteiger partial charge in [-0.25, -0.2) is 0 Å². The van der Waals surface area contributed by atoms with Crippen LogP contribution in [0.5, 0.6) is 0 Å². The van der Waals surface area contributed by atoms with Crippen LogP contribution in [0, 0.1) is 0 Å². The molecule has 136 valence electrons. The van der Waals surface area contributed by atoms with Crippen molar-refractivity contribution in [3.05, 3.63) is 52.9 Å². The highest BCUT2D eigenvalue weighted by Gasteiger charge is 2.34. The van der Waals surface area contributed by atoms with Crippen molar-refractivity contribution in [1.29, 1.82) is 0 Å². The summed E-state index contributed by atoms with van der Waals surface area (Å²) in [6, 6.07) is 6.19. The summed E-state index contributed by atoms with van der Waals surface area (Å²) in [5, 5.41) is 6.17. The van der Waals surface area contributed by atoms with Crippen molar-refractivity contribution in [3.63, 3.8) is 0 Å². The molecule has 0 bridgehead atoms. The van der Waals surface area contributed by atoms with Crippen LogP contribution in [0.3, 0.4) is 0 Å². The van der Waals surface area contributed by atoms with Gasteiger partial charge in [-0.05, 0) is 32.9 Å². The number of benzene rings is 1. The Morgan fingerprint density at radius 3 is 2.56 bits per heavy atom. The molecule has 0 aliphatic heterocycles. The summed E-state index contributed by atoms with van der Waals surface area (Å²) in [6.45, 7) is 5.83. The molecule has 0 saturated heterocycles. The second-order valence-electron chi connectivity index (χ2n) is 6.41. The van der Waals surface area contributed by atoms with Crippen molar-refractivity contribution in [2.75, 3.05) is 0 Å². The fraction of sp³-hybridized carbons (Fsp3) is 0.412. The zero-order valence-corrected chi connectivity index (χ0v) is 14.1. The van der Waals surface area contributed by atoms with Gasteiger partial charge >= 0.3 is 6.18 Å². The zero-order chi connectivity index (χ0) is 18.7. The Hall–Kier alpha value is -2.35. The van der Waals surface area contributed by atoms with Crippen molar-refractivity contribution in [3.8, 4) is 0 Å². The normalized spacial score (nSPS) is 12.2. The second-order valence-corrected chi connectivity index (χ2v) is 6.41. The van der Waals surface area contributed by atoms with Gasteiger partial charge in [0, 0.05) is 6.07 Å². The fourth-order valence-corrected chi connectivity index (χ4v) is 1.99. The number of nitrogens with zero attached hydrogens (tertiary/aromatic N) is 1. The highest BCUT2D eigenvalue weighted by molar-refractivity contribution is 5.95. The fourth-order valence-electron chi connectivity index (χ4n) is 1.99. The first-order valence-electron chi connectivity index (χ1n) is 7.59. The van der Waals surface area contributed by atoms with E-state index < -0.39 is 23.2 Å². The molecule has 1 heterocycles. The molecule has 1 N–H and O–H groups in total. The van der Waals surface area contributed by atoms with E-state index >= 15 is 0 Å². The Morgan fingerprint density at radius 1 is 1.24 bits per heavy atom. The average Bonchev–Trinajstić information content (AvgIpc) is 2.97. The number of rotatable bonds is 5. The molecule has 0 fully saturated rings. The van der Waals surface area contributed by atoms with Crippen molar-refractivity contribution in [1.82, 2.24) is 10.5 Å². The zero-order valence-electron chi connectivity index (χ0n) is 14.1. The van der Waals surface area contributed by atoms with Crippen LogP contribution in [0.4, 0.5) is 13.2 Å². The summed E-state index contributed by atoms with van der Waals surface area (Å²) < 4.78 is 49.4. The summed E-state index contributed by atoms with van der Waals surface area (Å²) >= 11 is 0. The maximum Gasteiger partial charge on any atom is 0.417 e. The number of carbonyl (C=O) groups is 1. The molecular formula is C17H19F3N2O3. The first-order chi connectivity index (χ1) is 11.6. The van der Waals surface area contributed by atoms with Crippen LogP contribution in [-0.4, -0.2) is 16.7 Å². The van der Waals surface area contributed by atoms with Gasteiger partial charge < -0.3 is 14.6 Å². The summed E-state index contributed by atoms with van der Waals surface area (Å²) in [7, 11) is 0. The Bertz CT molecular complexity index is 733. The molecule has 1 aromatic heterocycles. The Morgan fingerprint density at radius 2 is 1.92 bits per heavy atom. The Balaban J connectivity index is 1.99. The molecule has 5 nitrogen and oxygen atoms in total. The minimum atomic E-state index is -4.60. The van der Waals surface area contributed by atoms with Gasteiger partial charge in [-0.2, -0.15) is 13.2 Å². The van der Waals surface area contributed by atoms with Crippen LogP contribution in [-0.2, 0) is 24.1 Å². The lowest BCUT2D eigenvalue weighted by Gasteiger charge is -2.17. The van der Waals surface area contributed by atoms with Crippen LogP contribution in [0.1, 0.15) is 48.1 Å². The average molecular weight is 356 g/mol. The number of carbonyl (C=O) groups excluding carboxylic acids is 1. The number of alkyl halides is 3. The van der Waals surface area contributed by atoms with Crippen LogP contribution < -0.4 is 5.32 Å². The van der Waals surface area contributed by atoms with Gasteiger partial charge in [0.1, 0.15) is 12.3 Å². The number of amides is 1. The van der Waals surface area contributed by atoms with E-state index in [1.165, 1.54) is 12.1 Å². The Labute approximate surface area is 143 Å². The van der Waals surface area contributed by atoms with Crippen molar-refractivity contribution >= 4 is 5.91 Å². The summed E-state index contributed by atoms with van der Waals surface area (Å²) in [4.78, 5) is 12.1. The van der Waals surface area contributed by atoms with E-state index in [2.05, 4.69) is 10.5 Å². The number of aromatic nitrogens is 1. The molecule has 2 rings (SSSR count). The topological polar surface area (TPSA) is 64.4 Å². The number of nitrogens with one attached hydrogen (secondary N) is 1. The molecule has 0 atom stereocenters. The molecule has 0 radical (unpaired) electrons. The van der Waals surface area contributed by atoms with E-state index in [1.807, 2.05) is 20.8 Å². The molecule has 1 amide bonds. The lowest BCUT2D eigenvalue weighted by atomic mass is 10.1. The summed E-state index contributed by atoms with van der Waals surface area (Å²) in [5.74, 6) is -0.363. The third-order valence-corrected chi connectivity index (χ3v) is 3.16. The van der Waals surface area contributed by atoms with E-state index in [0.29, 0.717) is 11.5 Å². The maximum absolute atomic E-state index is 12.9. The summed E-state index contributed by atoms with van der Waals surface area (Å²) in [5.41, 5.74) is -1.37. The van der Waals surface area contributed by atoms with Gasteiger partial charge in [0.15, 0.2) is 5.76 Å². The molecular weight excluding hydrogens is 337 g/mol. The predicted octanol–water partition coefficient (Wildman–Crippen LogP) is 3.94. The van der Waals surface area contributed by atoms with E-state index in [-0.39, 0.29) is 18.8 Å². The molecule has 25 heavy (non-hydrogen) atoms. The molecule has 0 aliphatic rings. The van der Waals surface area contributed by atoms with E-state index in [4.69, 9.17) is 9.26 Å². The van der Waals surface area contributed by atoms with E-state index in [1.54, 1.807) is 6.07 Å². The third kappa shape index (κ3) is 5.60. The molecule has 2 aromatic rings. The van der Waals surface area contributed by atoms with E-state index in [9.17, 15) is 18.0 Å². The van der Waals surface area contributed by atoms with Crippen LogP contribution in [0.15, 0.2) is 34.9 Å². The van der Waals surface area contributed by atoms with Gasteiger partial charge in [0.05, 0.1) is 23.3 Å². The molecule has 0 spiro atoms. The summed E-state index contributed by atoms with van der Waals surface area (Å²) in [6.07, 6.45) is -4.60. The van der Waals surface area contributed by atoms with Crippen LogP contribution in [0.2, 0.25) is 0 Å². The van der Waals surface area contributed by atoms with E-state index in [0.717, 1.165) is 12.1 Å². The predicted molar refractivity (Wildman–Crippen MR) is 83.7 cm³/mol. The van der Waals surface area contributed by atoms with Crippen LogP contribution >= 0.6 is 0 Å². The number of hydrogen-bond donors (Lipinski definition) is 1. The van der Waals surface area contributed by atoms with Gasteiger partial charge in [-0.3, -0.25) is 4.79 Å². The van der Waals surface area contributed by atoms with Crippen LogP contribution in [0.25, 0.3) is 0 Å². The quantitative estimate of drug-likeness (QED) is 0.881. The van der Waals surface area contributed by atoms with Crippen molar-refractivity contribution in [2.45, 2.75) is 45.7 Å². The standard InChI is InChI=1S/C17H19F3N2O3/c1-16(2,3)24-10-12-8-11(22-25-12)9-21-15(23)13-6-4-5-7-14(13)17(18,19)20/h4-8H,9-10H2,1-3H3,(H,21,23). The smallest absolute Gasteiger partial charge is 0.368 e. The molecule has 0 aliphatic carbocycles. The first kappa shape index (κ1) is 19.0. The first-order valence-corrected chi connectivity index (χ1v) is 7.59. The Kier molecular flexibility index (Phi) is 5.52. The second kappa shape index (κ2) is 7.26.